The van der Waals surface area contributed by atoms with Crippen molar-refractivity contribution in [2.45, 2.75) is 32.1 Å². The molecule has 0 aromatic heterocycles. The number of carbonyl (C=O) groups is 1. The van der Waals surface area contributed by atoms with E-state index in [1.54, 1.807) is 11.8 Å². The number of amides is 1. The van der Waals surface area contributed by atoms with E-state index in [1.807, 2.05) is 38.1 Å². The number of nitrogens with two attached hydrogens (primary N) is 1. The highest BCUT2D eigenvalue weighted by atomic mass is 32.2. The van der Waals surface area contributed by atoms with E-state index in [2.05, 4.69) is 11.6 Å². The predicted molar refractivity (Wildman–Crippen MR) is 79.7 cm³/mol. The molecule has 100 valence electrons. The van der Waals surface area contributed by atoms with Gasteiger partial charge >= 0.3 is 0 Å². The van der Waals surface area contributed by atoms with Crippen LogP contribution in [-0.2, 0) is 10.5 Å². The van der Waals surface area contributed by atoms with Crippen molar-refractivity contribution >= 4 is 23.4 Å². The summed E-state index contributed by atoms with van der Waals surface area (Å²) in [5.74, 6) is 1.07. The van der Waals surface area contributed by atoms with Gasteiger partial charge in [0.05, 0.1) is 6.04 Å². The van der Waals surface area contributed by atoms with Gasteiger partial charge in [-0.25, -0.2) is 0 Å². The Morgan fingerprint density at radius 1 is 1.39 bits per heavy atom. The number of hydrogen-bond donors (Lipinski definition) is 2. The Balaban J connectivity index is 2.59. The van der Waals surface area contributed by atoms with Gasteiger partial charge in [0, 0.05) is 11.4 Å². The summed E-state index contributed by atoms with van der Waals surface area (Å²) in [4.78, 5) is 11.9. The number of hydrogen-bond acceptors (Lipinski definition) is 3. The summed E-state index contributed by atoms with van der Waals surface area (Å²) in [6.07, 6.45) is 2.97. The van der Waals surface area contributed by atoms with Gasteiger partial charge in [-0.05, 0) is 29.9 Å². The van der Waals surface area contributed by atoms with Crippen LogP contribution in [0.3, 0.4) is 0 Å². The standard InChI is InChI=1S/C14H22N2OS/c1-4-10(2)13(15)14(17)16-12-7-5-11(6-8-12)9-18-3/h5-8,10,13H,4,9,15H2,1-3H3,(H,16,17). The molecule has 4 heteroatoms. The molecule has 1 aromatic carbocycles. The Morgan fingerprint density at radius 3 is 2.50 bits per heavy atom. The lowest BCUT2D eigenvalue weighted by atomic mass is 9.99. The first-order chi connectivity index (χ1) is 8.58. The number of nitrogens with one attached hydrogen (secondary N) is 1. The van der Waals surface area contributed by atoms with E-state index in [0.717, 1.165) is 17.9 Å². The predicted octanol–water partition coefficient (Wildman–Crippen LogP) is 2.86. The smallest absolute Gasteiger partial charge is 0.241 e. The number of anilines is 1. The molecule has 0 aliphatic rings. The highest BCUT2D eigenvalue weighted by molar-refractivity contribution is 7.97. The third-order valence-corrected chi connectivity index (χ3v) is 3.71. The quantitative estimate of drug-likeness (QED) is 0.832. The zero-order valence-corrected chi connectivity index (χ0v) is 12.1. The molecule has 0 radical (unpaired) electrons. The van der Waals surface area contributed by atoms with Crippen LogP contribution in [0.2, 0.25) is 0 Å². The van der Waals surface area contributed by atoms with Gasteiger partial charge in [-0.3, -0.25) is 4.79 Å². The van der Waals surface area contributed by atoms with Crippen molar-refractivity contribution < 1.29 is 4.79 Å². The molecule has 0 heterocycles. The van der Waals surface area contributed by atoms with Crippen molar-refractivity contribution in [3.63, 3.8) is 0 Å². The SMILES string of the molecule is CCC(C)C(N)C(=O)Nc1ccc(CSC)cc1. The molecule has 0 aliphatic heterocycles. The zero-order chi connectivity index (χ0) is 13.5. The van der Waals surface area contributed by atoms with Crippen LogP contribution in [0, 0.1) is 5.92 Å². The fraction of sp³-hybridized carbons (Fsp3) is 0.500. The Labute approximate surface area is 114 Å². The average Bonchev–Trinajstić information content (AvgIpc) is 2.39. The average molecular weight is 266 g/mol. The first-order valence-corrected chi connectivity index (χ1v) is 7.62. The van der Waals surface area contributed by atoms with Crippen LogP contribution in [0.15, 0.2) is 24.3 Å². The molecular formula is C14H22N2OS. The monoisotopic (exact) mass is 266 g/mol. The molecule has 3 N–H and O–H groups in total. The Morgan fingerprint density at radius 2 is 2.00 bits per heavy atom. The first-order valence-electron chi connectivity index (χ1n) is 6.22. The lowest BCUT2D eigenvalue weighted by molar-refractivity contribution is -0.118. The van der Waals surface area contributed by atoms with E-state index in [-0.39, 0.29) is 11.8 Å². The lowest BCUT2D eigenvalue weighted by Gasteiger charge is -2.17. The van der Waals surface area contributed by atoms with Crippen molar-refractivity contribution in [2.24, 2.45) is 11.7 Å². The summed E-state index contributed by atoms with van der Waals surface area (Å²) in [5, 5.41) is 2.86. The molecule has 0 saturated heterocycles. The van der Waals surface area contributed by atoms with Crippen LogP contribution >= 0.6 is 11.8 Å². The number of carbonyl (C=O) groups excluding carboxylic acids is 1. The van der Waals surface area contributed by atoms with Gasteiger partial charge in [0.25, 0.3) is 0 Å². The molecule has 1 aromatic rings. The highest BCUT2D eigenvalue weighted by Gasteiger charge is 2.19. The van der Waals surface area contributed by atoms with E-state index in [4.69, 9.17) is 5.73 Å². The largest absolute Gasteiger partial charge is 0.325 e. The summed E-state index contributed by atoms with van der Waals surface area (Å²) in [7, 11) is 0. The molecule has 0 saturated carbocycles. The second kappa shape index (κ2) is 7.44. The summed E-state index contributed by atoms with van der Waals surface area (Å²) in [6, 6.07) is 7.46. The van der Waals surface area contributed by atoms with E-state index in [1.165, 1.54) is 5.56 Å². The molecule has 2 unspecified atom stereocenters. The van der Waals surface area contributed by atoms with E-state index >= 15 is 0 Å². The van der Waals surface area contributed by atoms with Crippen molar-refractivity contribution in [2.75, 3.05) is 11.6 Å². The molecular weight excluding hydrogens is 244 g/mol. The van der Waals surface area contributed by atoms with Gasteiger partial charge in [-0.2, -0.15) is 11.8 Å². The Bertz CT molecular complexity index is 378. The van der Waals surface area contributed by atoms with Gasteiger partial charge in [-0.15, -0.1) is 0 Å². The third-order valence-electron chi connectivity index (χ3n) is 3.09. The highest BCUT2D eigenvalue weighted by Crippen LogP contribution is 2.15. The molecule has 0 aliphatic carbocycles. The second-order valence-electron chi connectivity index (χ2n) is 4.53. The third kappa shape index (κ3) is 4.35. The summed E-state index contributed by atoms with van der Waals surface area (Å²) in [5.41, 5.74) is 7.95. The Kier molecular flexibility index (Phi) is 6.22. The summed E-state index contributed by atoms with van der Waals surface area (Å²) >= 11 is 1.78. The zero-order valence-electron chi connectivity index (χ0n) is 11.3. The molecule has 0 bridgehead atoms. The van der Waals surface area contributed by atoms with Gasteiger partial charge in [0.2, 0.25) is 5.91 Å². The molecule has 0 spiro atoms. The number of rotatable bonds is 6. The van der Waals surface area contributed by atoms with Crippen LogP contribution < -0.4 is 11.1 Å². The van der Waals surface area contributed by atoms with E-state index in [9.17, 15) is 4.79 Å². The van der Waals surface area contributed by atoms with Crippen molar-refractivity contribution in [3.05, 3.63) is 29.8 Å². The fourth-order valence-electron chi connectivity index (χ4n) is 1.59. The Hall–Kier alpha value is -1.00. The summed E-state index contributed by atoms with van der Waals surface area (Å²) in [6.45, 7) is 4.03. The molecule has 18 heavy (non-hydrogen) atoms. The minimum absolute atomic E-state index is 0.109. The number of thioether (sulfide) groups is 1. The first kappa shape index (κ1) is 15.1. The van der Waals surface area contributed by atoms with Crippen LogP contribution in [-0.4, -0.2) is 18.2 Å². The fourth-order valence-corrected chi connectivity index (χ4v) is 2.11. The van der Waals surface area contributed by atoms with Crippen LogP contribution in [0.5, 0.6) is 0 Å². The van der Waals surface area contributed by atoms with Crippen molar-refractivity contribution in [3.8, 4) is 0 Å². The van der Waals surface area contributed by atoms with Crippen LogP contribution in [0.25, 0.3) is 0 Å². The van der Waals surface area contributed by atoms with Crippen LogP contribution in [0.4, 0.5) is 5.69 Å². The van der Waals surface area contributed by atoms with Crippen molar-refractivity contribution in [1.82, 2.24) is 0 Å². The van der Waals surface area contributed by atoms with Gasteiger partial charge < -0.3 is 11.1 Å². The maximum atomic E-state index is 11.9. The second-order valence-corrected chi connectivity index (χ2v) is 5.40. The summed E-state index contributed by atoms with van der Waals surface area (Å²) < 4.78 is 0. The van der Waals surface area contributed by atoms with Crippen LogP contribution in [0.1, 0.15) is 25.8 Å². The molecule has 1 rings (SSSR count). The topological polar surface area (TPSA) is 55.1 Å². The maximum absolute atomic E-state index is 11.9. The van der Waals surface area contributed by atoms with Crippen molar-refractivity contribution in [1.29, 1.82) is 0 Å². The van der Waals surface area contributed by atoms with E-state index < -0.39 is 6.04 Å². The van der Waals surface area contributed by atoms with Gasteiger partial charge in [-0.1, -0.05) is 32.4 Å². The van der Waals surface area contributed by atoms with Gasteiger partial charge in [0.15, 0.2) is 0 Å². The number of benzene rings is 1. The minimum Gasteiger partial charge on any atom is -0.325 e. The molecule has 1 amide bonds. The molecule has 0 fully saturated rings. The van der Waals surface area contributed by atoms with Gasteiger partial charge in [0.1, 0.15) is 0 Å². The molecule has 2 atom stereocenters. The normalized spacial score (nSPS) is 14.0. The minimum atomic E-state index is -0.444. The van der Waals surface area contributed by atoms with E-state index in [0.29, 0.717) is 0 Å². The maximum Gasteiger partial charge on any atom is 0.241 e. The lowest BCUT2D eigenvalue weighted by Crippen LogP contribution is -2.40. The molecule has 3 nitrogen and oxygen atoms in total.